The summed E-state index contributed by atoms with van der Waals surface area (Å²) in [5.41, 5.74) is 7.51. The number of phenols is 1. The third-order valence-electron chi connectivity index (χ3n) is 5.73. The average molecular weight is 408 g/mol. The third-order valence-corrected chi connectivity index (χ3v) is 5.73. The van der Waals surface area contributed by atoms with Crippen LogP contribution in [-0.4, -0.2) is 34.9 Å². The molecule has 4 aromatic rings. The summed E-state index contributed by atoms with van der Waals surface area (Å²) in [4.78, 5) is 0. The van der Waals surface area contributed by atoms with Crippen LogP contribution in [0, 0.1) is 0 Å². The molecule has 0 amide bonds. The predicted molar refractivity (Wildman–Crippen MR) is 120 cm³/mol. The second kappa shape index (κ2) is 8.94. The molecular formula is C25H29NO4. The van der Waals surface area contributed by atoms with Gasteiger partial charge in [-0.2, -0.15) is 0 Å². The summed E-state index contributed by atoms with van der Waals surface area (Å²) in [6.07, 6.45) is 4.01. The molecule has 0 saturated carbocycles. The number of pyridine rings is 1. The molecule has 5 heteroatoms. The number of rotatable bonds is 10. The van der Waals surface area contributed by atoms with Crippen LogP contribution in [0.4, 0.5) is 0 Å². The number of hydrogen-bond donors (Lipinski definition) is 2. The molecule has 0 bridgehead atoms. The van der Waals surface area contributed by atoms with Gasteiger partial charge in [0.25, 0.3) is 0 Å². The molecule has 0 saturated heterocycles. The molecule has 0 fully saturated rings. The van der Waals surface area contributed by atoms with Gasteiger partial charge in [0.05, 0.1) is 23.2 Å². The number of ether oxygens (including phenoxy) is 2. The number of aromatic nitrogens is 1. The maximum atomic E-state index is 10.5. The highest BCUT2D eigenvalue weighted by Crippen LogP contribution is 2.42. The summed E-state index contributed by atoms with van der Waals surface area (Å²) < 4.78 is 13.2. The fraction of sp³-hybridized carbons (Fsp3) is 0.360. The maximum Gasteiger partial charge on any atom is 0.139 e. The van der Waals surface area contributed by atoms with Crippen LogP contribution in [0.15, 0.2) is 42.5 Å². The Morgan fingerprint density at radius 1 is 0.900 bits per heavy atom. The number of methoxy groups -OCH3 is 1. The highest BCUT2D eigenvalue weighted by Gasteiger charge is 2.23. The number of nitrogens with zero attached hydrogens (tertiary/aromatic N) is 1. The van der Waals surface area contributed by atoms with E-state index in [-0.39, 0.29) is 11.5 Å². The van der Waals surface area contributed by atoms with Crippen molar-refractivity contribution in [3.8, 4) is 22.6 Å². The van der Waals surface area contributed by atoms with E-state index in [0.29, 0.717) is 13.2 Å². The van der Waals surface area contributed by atoms with Gasteiger partial charge >= 0.3 is 0 Å². The van der Waals surface area contributed by atoms with Gasteiger partial charge in [-0.05, 0) is 67.1 Å². The quantitative estimate of drug-likeness (QED) is 0.341. The number of benzene rings is 1. The molecule has 0 unspecified atom stereocenters. The van der Waals surface area contributed by atoms with Crippen molar-refractivity contribution in [2.45, 2.75) is 39.2 Å². The predicted octanol–water partition coefficient (Wildman–Crippen LogP) is 5.50. The van der Waals surface area contributed by atoms with Gasteiger partial charge in [0.2, 0.25) is 0 Å². The van der Waals surface area contributed by atoms with E-state index in [2.05, 4.69) is 11.3 Å². The lowest BCUT2D eigenvalue weighted by molar-refractivity contribution is 0.114. The van der Waals surface area contributed by atoms with Crippen molar-refractivity contribution in [1.29, 1.82) is 0 Å². The molecule has 30 heavy (non-hydrogen) atoms. The summed E-state index contributed by atoms with van der Waals surface area (Å²) in [6, 6.07) is 13.1. The zero-order valence-corrected chi connectivity index (χ0v) is 17.6. The van der Waals surface area contributed by atoms with Gasteiger partial charge in [-0.15, -0.1) is 0 Å². The zero-order chi connectivity index (χ0) is 21.1. The SMILES string of the molecule is CCc1c(-c2ccc(O)cc2)c2c(COCCCCCOC)cc3c(O)ccc1n32. The lowest BCUT2D eigenvalue weighted by atomic mass is 9.98. The van der Waals surface area contributed by atoms with Crippen molar-refractivity contribution in [3.05, 3.63) is 53.6 Å². The van der Waals surface area contributed by atoms with E-state index in [4.69, 9.17) is 9.47 Å². The fourth-order valence-corrected chi connectivity index (χ4v) is 4.31. The monoisotopic (exact) mass is 407 g/mol. The molecule has 158 valence electrons. The molecule has 0 aliphatic heterocycles. The van der Waals surface area contributed by atoms with Crippen LogP contribution in [0.25, 0.3) is 27.7 Å². The van der Waals surface area contributed by atoms with E-state index < -0.39 is 0 Å². The minimum absolute atomic E-state index is 0.253. The van der Waals surface area contributed by atoms with E-state index in [0.717, 1.165) is 65.5 Å². The molecule has 0 aliphatic carbocycles. The van der Waals surface area contributed by atoms with E-state index in [1.165, 1.54) is 5.56 Å². The molecular weight excluding hydrogens is 378 g/mol. The third kappa shape index (κ3) is 3.71. The first-order valence-electron chi connectivity index (χ1n) is 10.6. The minimum Gasteiger partial charge on any atom is -0.508 e. The summed E-state index contributed by atoms with van der Waals surface area (Å²) >= 11 is 0. The fourth-order valence-electron chi connectivity index (χ4n) is 4.31. The van der Waals surface area contributed by atoms with E-state index in [1.807, 2.05) is 24.3 Å². The lowest BCUT2D eigenvalue weighted by Gasteiger charge is -2.07. The van der Waals surface area contributed by atoms with E-state index in [1.54, 1.807) is 25.3 Å². The zero-order valence-electron chi connectivity index (χ0n) is 17.6. The second-order valence-electron chi connectivity index (χ2n) is 7.70. The van der Waals surface area contributed by atoms with Crippen molar-refractivity contribution in [2.24, 2.45) is 0 Å². The Bertz CT molecular complexity index is 1110. The largest absolute Gasteiger partial charge is 0.508 e. The van der Waals surface area contributed by atoms with Crippen molar-refractivity contribution in [1.82, 2.24) is 4.40 Å². The Balaban J connectivity index is 1.72. The molecule has 0 aliphatic rings. The molecule has 0 radical (unpaired) electrons. The van der Waals surface area contributed by atoms with Crippen LogP contribution in [0.2, 0.25) is 0 Å². The van der Waals surface area contributed by atoms with Crippen LogP contribution in [0.5, 0.6) is 11.5 Å². The standard InChI is InChI=1S/C25H29NO4/c1-3-20-21-11-12-23(28)22-15-18(16-30-14-6-4-5-13-29-2)25(26(21)22)24(20)17-7-9-19(27)10-8-17/h7-12,15,27-28H,3-6,13-14,16H2,1-2H3. The van der Waals surface area contributed by atoms with E-state index >= 15 is 0 Å². The van der Waals surface area contributed by atoms with Gasteiger partial charge in [0, 0.05) is 31.5 Å². The number of aryl methyl sites for hydroxylation is 1. The number of unbranched alkanes of at least 4 members (excludes halogenated alkanes) is 2. The first kappa shape index (κ1) is 20.5. The molecule has 1 aromatic carbocycles. The first-order valence-corrected chi connectivity index (χ1v) is 10.6. The second-order valence-corrected chi connectivity index (χ2v) is 7.70. The van der Waals surface area contributed by atoms with Gasteiger partial charge < -0.3 is 24.1 Å². The Morgan fingerprint density at radius 2 is 1.67 bits per heavy atom. The molecule has 3 aromatic heterocycles. The molecule has 5 nitrogen and oxygen atoms in total. The van der Waals surface area contributed by atoms with Gasteiger partial charge in [-0.3, -0.25) is 0 Å². The van der Waals surface area contributed by atoms with Crippen molar-refractivity contribution >= 4 is 16.6 Å². The maximum absolute atomic E-state index is 10.5. The molecule has 3 heterocycles. The first-order chi connectivity index (χ1) is 14.7. The minimum atomic E-state index is 0.253. The van der Waals surface area contributed by atoms with Gasteiger partial charge in [-0.25, -0.2) is 0 Å². The topological polar surface area (TPSA) is 63.3 Å². The number of aromatic hydroxyl groups is 2. The molecule has 4 rings (SSSR count). The smallest absolute Gasteiger partial charge is 0.139 e. The van der Waals surface area contributed by atoms with Gasteiger partial charge in [0.15, 0.2) is 0 Å². The highest BCUT2D eigenvalue weighted by atomic mass is 16.5. The Labute approximate surface area is 176 Å². The normalized spacial score (nSPS) is 11.8. The van der Waals surface area contributed by atoms with Crippen LogP contribution in [-0.2, 0) is 22.5 Å². The van der Waals surface area contributed by atoms with Crippen LogP contribution < -0.4 is 0 Å². The Morgan fingerprint density at radius 3 is 2.40 bits per heavy atom. The van der Waals surface area contributed by atoms with Crippen molar-refractivity contribution < 1.29 is 19.7 Å². The van der Waals surface area contributed by atoms with E-state index in [9.17, 15) is 10.2 Å². The van der Waals surface area contributed by atoms with Crippen molar-refractivity contribution in [3.63, 3.8) is 0 Å². The molecule has 2 N–H and O–H groups in total. The Kier molecular flexibility index (Phi) is 6.11. The Hall–Kier alpha value is -2.76. The summed E-state index contributed by atoms with van der Waals surface area (Å²) in [5, 5.41) is 20.2. The summed E-state index contributed by atoms with van der Waals surface area (Å²) in [7, 11) is 1.73. The van der Waals surface area contributed by atoms with Gasteiger partial charge in [-0.1, -0.05) is 19.1 Å². The van der Waals surface area contributed by atoms with Gasteiger partial charge in [0.1, 0.15) is 11.5 Å². The molecule has 0 atom stereocenters. The average Bonchev–Trinajstić information content (AvgIpc) is 3.28. The highest BCUT2D eigenvalue weighted by molar-refractivity contribution is 5.98. The van der Waals surface area contributed by atoms with Crippen LogP contribution >= 0.6 is 0 Å². The number of phenolic OH excluding ortho intramolecular Hbond substituents is 1. The lowest BCUT2D eigenvalue weighted by Crippen LogP contribution is -1.97. The van der Waals surface area contributed by atoms with Crippen LogP contribution in [0.3, 0.4) is 0 Å². The summed E-state index contributed by atoms with van der Waals surface area (Å²) in [5.74, 6) is 0.524. The summed E-state index contributed by atoms with van der Waals surface area (Å²) in [6.45, 7) is 4.14. The van der Waals surface area contributed by atoms with Crippen molar-refractivity contribution in [2.75, 3.05) is 20.3 Å². The molecule has 0 spiro atoms. The number of hydrogen-bond acceptors (Lipinski definition) is 4. The van der Waals surface area contributed by atoms with Crippen LogP contribution in [0.1, 0.15) is 37.3 Å².